The first-order valence-electron chi connectivity index (χ1n) is 3.74. The molecule has 0 rings (SSSR count). The van der Waals surface area contributed by atoms with Gasteiger partial charge < -0.3 is 15.2 Å². The van der Waals surface area contributed by atoms with E-state index in [1.807, 2.05) is 0 Å². The van der Waals surface area contributed by atoms with Crippen molar-refractivity contribution < 1.29 is 14.3 Å². The van der Waals surface area contributed by atoms with Gasteiger partial charge in [-0.15, -0.1) is 0 Å². The van der Waals surface area contributed by atoms with Crippen molar-refractivity contribution in [3.8, 4) is 0 Å². The van der Waals surface area contributed by atoms with Gasteiger partial charge in [-0.3, -0.25) is 4.79 Å². The van der Waals surface area contributed by atoms with Crippen molar-refractivity contribution in [2.24, 2.45) is 5.73 Å². The van der Waals surface area contributed by atoms with Crippen LogP contribution < -0.4 is 5.73 Å². The van der Waals surface area contributed by atoms with E-state index in [1.165, 1.54) is 0 Å². The molecule has 0 aliphatic rings. The molecule has 0 fully saturated rings. The van der Waals surface area contributed by atoms with Crippen LogP contribution in [0.4, 0.5) is 0 Å². The molecule has 0 saturated heterocycles. The number of ether oxygens (including phenoxy) is 2. The Hall–Kier alpha value is -0.610. The lowest BCUT2D eigenvalue weighted by atomic mass is 10.5. The Morgan fingerprint density at radius 3 is 2.73 bits per heavy atom. The number of rotatable bonds is 6. The van der Waals surface area contributed by atoms with E-state index in [0.717, 1.165) is 0 Å². The molecule has 0 spiro atoms. The molecule has 0 radical (unpaired) electrons. The van der Waals surface area contributed by atoms with Crippen molar-refractivity contribution in [3.63, 3.8) is 0 Å². The lowest BCUT2D eigenvalue weighted by Gasteiger charge is -2.01. The Balaban J connectivity index is 3.04. The minimum Gasteiger partial charge on any atom is -0.466 e. The third-order valence-corrected chi connectivity index (χ3v) is 1.02. The van der Waals surface area contributed by atoms with Crippen LogP contribution >= 0.6 is 0 Å². The Morgan fingerprint density at radius 2 is 2.18 bits per heavy atom. The van der Waals surface area contributed by atoms with Gasteiger partial charge in [-0.1, -0.05) is 0 Å². The Kier molecular flexibility index (Phi) is 7.08. The van der Waals surface area contributed by atoms with Gasteiger partial charge in [-0.05, 0) is 6.92 Å². The van der Waals surface area contributed by atoms with Gasteiger partial charge >= 0.3 is 5.97 Å². The molecule has 2 N–H and O–H groups in total. The van der Waals surface area contributed by atoms with Gasteiger partial charge in [0.15, 0.2) is 0 Å². The summed E-state index contributed by atoms with van der Waals surface area (Å²) in [6.07, 6.45) is 0.313. The van der Waals surface area contributed by atoms with E-state index in [1.54, 1.807) is 6.92 Å². The van der Waals surface area contributed by atoms with Crippen LogP contribution in [0.25, 0.3) is 0 Å². The smallest absolute Gasteiger partial charge is 0.308 e. The van der Waals surface area contributed by atoms with Crippen LogP contribution in [0.5, 0.6) is 0 Å². The van der Waals surface area contributed by atoms with Crippen LogP contribution in [-0.2, 0) is 14.3 Å². The highest BCUT2D eigenvalue weighted by Crippen LogP contribution is 1.86. The maximum absolute atomic E-state index is 10.7. The monoisotopic (exact) mass is 161 g/mol. The zero-order valence-electron chi connectivity index (χ0n) is 6.84. The molecular formula is C7H15NO3. The van der Waals surface area contributed by atoms with Gasteiger partial charge in [-0.2, -0.15) is 0 Å². The normalized spacial score (nSPS) is 9.64. The van der Waals surface area contributed by atoms with Crippen molar-refractivity contribution in [3.05, 3.63) is 0 Å². The Bertz CT molecular complexity index is 106. The molecule has 0 aliphatic heterocycles. The van der Waals surface area contributed by atoms with E-state index in [0.29, 0.717) is 32.8 Å². The Morgan fingerprint density at radius 1 is 1.45 bits per heavy atom. The predicted molar refractivity (Wildman–Crippen MR) is 41.1 cm³/mol. The summed E-state index contributed by atoms with van der Waals surface area (Å²) in [6, 6.07) is 0. The van der Waals surface area contributed by atoms with E-state index in [4.69, 9.17) is 10.5 Å². The third kappa shape index (κ3) is 7.29. The molecule has 0 aliphatic carbocycles. The fourth-order valence-electron chi connectivity index (χ4n) is 0.574. The quantitative estimate of drug-likeness (QED) is 0.437. The third-order valence-electron chi connectivity index (χ3n) is 1.02. The summed E-state index contributed by atoms with van der Waals surface area (Å²) in [7, 11) is 0. The SMILES string of the molecule is CCOC(=O)CCOCCN. The molecule has 0 aromatic rings. The highest BCUT2D eigenvalue weighted by molar-refractivity contribution is 5.69. The van der Waals surface area contributed by atoms with Crippen LogP contribution in [0.1, 0.15) is 13.3 Å². The maximum atomic E-state index is 10.7. The molecule has 4 heteroatoms. The van der Waals surface area contributed by atoms with Gasteiger partial charge in [0.1, 0.15) is 0 Å². The van der Waals surface area contributed by atoms with Crippen molar-refractivity contribution in [2.45, 2.75) is 13.3 Å². The minimum atomic E-state index is -0.218. The summed E-state index contributed by atoms with van der Waals surface area (Å²) in [5.41, 5.74) is 5.16. The average Bonchev–Trinajstić information content (AvgIpc) is 1.99. The fourth-order valence-corrected chi connectivity index (χ4v) is 0.574. The largest absolute Gasteiger partial charge is 0.466 e. The summed E-state index contributed by atoms with van der Waals surface area (Å²) >= 11 is 0. The summed E-state index contributed by atoms with van der Waals surface area (Å²) in [6.45, 7) is 3.59. The second-order valence-corrected chi connectivity index (χ2v) is 1.96. The molecule has 0 aromatic heterocycles. The second kappa shape index (κ2) is 7.50. The van der Waals surface area contributed by atoms with Gasteiger partial charge in [0.05, 0.1) is 26.2 Å². The van der Waals surface area contributed by atoms with Crippen molar-refractivity contribution in [1.82, 2.24) is 0 Å². The summed E-state index contributed by atoms with van der Waals surface area (Å²) < 4.78 is 9.65. The predicted octanol–water partition coefficient (Wildman–Crippen LogP) is -0.0851. The lowest BCUT2D eigenvalue weighted by Crippen LogP contribution is -2.12. The van der Waals surface area contributed by atoms with Crippen molar-refractivity contribution in [1.29, 1.82) is 0 Å². The number of nitrogens with two attached hydrogens (primary N) is 1. The first kappa shape index (κ1) is 10.4. The number of hydrogen-bond acceptors (Lipinski definition) is 4. The van der Waals surface area contributed by atoms with Gasteiger partial charge in [0.2, 0.25) is 0 Å². The number of carbonyl (C=O) groups excluding carboxylic acids is 1. The molecular weight excluding hydrogens is 146 g/mol. The molecule has 0 atom stereocenters. The topological polar surface area (TPSA) is 61.5 Å². The second-order valence-electron chi connectivity index (χ2n) is 1.96. The maximum Gasteiger partial charge on any atom is 0.308 e. The van der Waals surface area contributed by atoms with Crippen molar-refractivity contribution in [2.75, 3.05) is 26.4 Å². The number of carbonyl (C=O) groups is 1. The van der Waals surface area contributed by atoms with Crippen LogP contribution in [-0.4, -0.2) is 32.3 Å². The van der Waals surface area contributed by atoms with Gasteiger partial charge in [-0.25, -0.2) is 0 Å². The van der Waals surface area contributed by atoms with E-state index in [2.05, 4.69) is 4.74 Å². The molecule has 11 heavy (non-hydrogen) atoms. The number of esters is 1. The van der Waals surface area contributed by atoms with Crippen molar-refractivity contribution >= 4 is 5.97 Å². The lowest BCUT2D eigenvalue weighted by molar-refractivity contribution is -0.144. The summed E-state index contributed by atoms with van der Waals surface area (Å²) in [5, 5.41) is 0. The van der Waals surface area contributed by atoms with Crippen LogP contribution in [0.2, 0.25) is 0 Å². The molecule has 0 bridgehead atoms. The van der Waals surface area contributed by atoms with Gasteiger partial charge in [0, 0.05) is 6.54 Å². The average molecular weight is 161 g/mol. The molecule has 4 nitrogen and oxygen atoms in total. The molecule has 0 aromatic carbocycles. The van der Waals surface area contributed by atoms with Gasteiger partial charge in [0.25, 0.3) is 0 Å². The minimum absolute atomic E-state index is 0.218. The van der Waals surface area contributed by atoms with E-state index >= 15 is 0 Å². The first-order chi connectivity index (χ1) is 5.31. The number of hydrogen-bond donors (Lipinski definition) is 1. The highest BCUT2D eigenvalue weighted by Gasteiger charge is 1.99. The molecule has 0 saturated carbocycles. The van der Waals surface area contributed by atoms with E-state index < -0.39 is 0 Å². The Labute approximate surface area is 66.7 Å². The standard InChI is InChI=1S/C7H15NO3/c1-2-11-7(9)3-5-10-6-4-8/h2-6,8H2,1H3. The zero-order chi connectivity index (χ0) is 8.53. The highest BCUT2D eigenvalue weighted by atomic mass is 16.5. The zero-order valence-corrected chi connectivity index (χ0v) is 6.84. The molecule has 0 amide bonds. The fraction of sp³-hybridized carbons (Fsp3) is 0.857. The van der Waals surface area contributed by atoms with Crippen LogP contribution in [0, 0.1) is 0 Å². The summed E-state index contributed by atoms with van der Waals surface area (Å²) in [4.78, 5) is 10.7. The van der Waals surface area contributed by atoms with E-state index in [-0.39, 0.29) is 5.97 Å². The first-order valence-corrected chi connectivity index (χ1v) is 3.74. The molecule has 0 unspecified atom stereocenters. The van der Waals surface area contributed by atoms with E-state index in [9.17, 15) is 4.79 Å². The molecule has 66 valence electrons. The molecule has 0 heterocycles. The van der Waals surface area contributed by atoms with Crippen LogP contribution in [0.3, 0.4) is 0 Å². The van der Waals surface area contributed by atoms with Crippen LogP contribution in [0.15, 0.2) is 0 Å². The summed E-state index contributed by atoms with van der Waals surface area (Å²) in [5.74, 6) is -0.218.